The van der Waals surface area contributed by atoms with Crippen LogP contribution in [-0.2, 0) is 14.3 Å². The third-order valence-corrected chi connectivity index (χ3v) is 5.91. The molecular weight excluding hydrogens is 560 g/mol. The highest BCUT2D eigenvalue weighted by Crippen LogP contribution is 2.33. The minimum atomic E-state index is -0.605. The van der Waals surface area contributed by atoms with Crippen LogP contribution < -0.4 is 25.5 Å². The Morgan fingerprint density at radius 2 is 1.97 bits per heavy atom. The van der Waals surface area contributed by atoms with Gasteiger partial charge in [-0.1, -0.05) is 18.2 Å². The summed E-state index contributed by atoms with van der Waals surface area (Å²) in [5, 5.41) is 10.4. The molecule has 11 heteroatoms. The molecule has 1 heterocycles. The van der Waals surface area contributed by atoms with Crippen LogP contribution in [0.1, 0.15) is 44.9 Å². The third-order valence-electron chi connectivity index (χ3n) is 5.07. The summed E-state index contributed by atoms with van der Waals surface area (Å²) in [6.45, 7) is 7.35. The minimum Gasteiger partial charge on any atom is -0.490 e. The fourth-order valence-electron chi connectivity index (χ4n) is 3.56. The smallest absolute Gasteiger partial charge is 0.338 e. The highest BCUT2D eigenvalue weighted by atomic mass is 79.9. The van der Waals surface area contributed by atoms with Crippen LogP contribution in [0.25, 0.3) is 0 Å². The number of benzene rings is 2. The van der Waals surface area contributed by atoms with Gasteiger partial charge in [-0.15, -0.1) is 0 Å². The van der Waals surface area contributed by atoms with Crippen LogP contribution in [0.2, 0.25) is 0 Å². The number of rotatable bonds is 10. The summed E-state index contributed by atoms with van der Waals surface area (Å²) in [6.07, 6.45) is 1.58. The second kappa shape index (κ2) is 13.2. The van der Waals surface area contributed by atoms with Gasteiger partial charge >= 0.3 is 5.97 Å². The molecule has 2 aromatic carbocycles. The molecule has 0 aromatic heterocycles. The maximum absolute atomic E-state index is 12.7. The number of thiocarbonyl (C=S) groups is 1. The number of carbonyl (C=O) groups is 2. The summed E-state index contributed by atoms with van der Waals surface area (Å²) in [7, 11) is 0. The Morgan fingerprint density at radius 1 is 1.22 bits per heavy atom. The number of carbonyl (C=O) groups excluding carboxylic acids is 2. The Labute approximate surface area is 229 Å². The van der Waals surface area contributed by atoms with E-state index in [0.29, 0.717) is 27.7 Å². The number of ether oxygens (including phenoxy) is 3. The van der Waals surface area contributed by atoms with Crippen LogP contribution >= 0.6 is 28.1 Å². The molecule has 1 aliphatic heterocycles. The van der Waals surface area contributed by atoms with Crippen molar-refractivity contribution in [2.45, 2.75) is 39.8 Å². The number of nitrogens with one attached hydrogen (secondary N) is 3. The lowest BCUT2D eigenvalue weighted by Gasteiger charge is -2.30. The number of allylic oxidation sites excluding steroid dienone is 1. The highest BCUT2D eigenvalue weighted by Gasteiger charge is 2.32. The Kier molecular flexibility index (Phi) is 10.0. The maximum Gasteiger partial charge on any atom is 0.338 e. The summed E-state index contributed by atoms with van der Waals surface area (Å²) in [4.78, 5) is 25.1. The number of hydrogen-bond donors (Lipinski definition) is 3. The largest absolute Gasteiger partial charge is 0.490 e. The first kappa shape index (κ1) is 28.1. The van der Waals surface area contributed by atoms with E-state index in [2.05, 4.69) is 37.1 Å². The van der Waals surface area contributed by atoms with E-state index in [0.717, 1.165) is 15.8 Å². The number of hydrogen-bond acceptors (Lipinski definition) is 7. The molecular formula is C26H29BrN4O5S. The second-order valence-electron chi connectivity index (χ2n) is 8.27. The molecule has 0 saturated heterocycles. The molecule has 3 rings (SSSR count). The van der Waals surface area contributed by atoms with Gasteiger partial charge in [-0.25, -0.2) is 10.2 Å². The predicted molar refractivity (Wildman–Crippen MR) is 149 cm³/mol. The van der Waals surface area contributed by atoms with Crippen LogP contribution in [0.5, 0.6) is 11.5 Å². The first-order valence-corrected chi connectivity index (χ1v) is 12.8. The molecule has 1 atom stereocenters. The molecule has 0 fully saturated rings. The first-order chi connectivity index (χ1) is 17.7. The van der Waals surface area contributed by atoms with E-state index in [4.69, 9.17) is 26.4 Å². The normalized spacial score (nSPS) is 15.3. The number of halogens is 1. The van der Waals surface area contributed by atoms with E-state index in [1.54, 1.807) is 32.0 Å². The molecule has 9 nitrogen and oxygen atoms in total. The fraction of sp³-hybridized carbons (Fsp3) is 0.308. The van der Waals surface area contributed by atoms with Gasteiger partial charge in [-0.2, -0.15) is 5.10 Å². The van der Waals surface area contributed by atoms with Crippen molar-refractivity contribution in [3.63, 3.8) is 0 Å². The third kappa shape index (κ3) is 7.77. The Balaban J connectivity index is 1.67. The number of nitrogens with zero attached hydrogens (tertiary/aromatic N) is 1. The molecule has 0 aliphatic carbocycles. The molecule has 196 valence electrons. The lowest BCUT2D eigenvalue weighted by molar-refractivity contribution is -0.139. The van der Waals surface area contributed by atoms with Crippen LogP contribution in [0, 0.1) is 0 Å². The van der Waals surface area contributed by atoms with Crippen molar-refractivity contribution in [2.75, 3.05) is 13.2 Å². The van der Waals surface area contributed by atoms with Crippen molar-refractivity contribution in [3.05, 3.63) is 69.3 Å². The summed E-state index contributed by atoms with van der Waals surface area (Å²) < 4.78 is 17.5. The van der Waals surface area contributed by atoms with Gasteiger partial charge < -0.3 is 24.8 Å². The van der Waals surface area contributed by atoms with Gasteiger partial charge in [0.05, 0.1) is 35.0 Å². The zero-order valence-electron chi connectivity index (χ0n) is 21.0. The summed E-state index contributed by atoms with van der Waals surface area (Å²) in [6, 6.07) is 12.0. The lowest BCUT2D eigenvalue weighted by atomic mass is 9.95. The second-order valence-corrected chi connectivity index (χ2v) is 9.53. The van der Waals surface area contributed by atoms with E-state index < -0.39 is 17.9 Å². The Morgan fingerprint density at radius 3 is 2.68 bits per heavy atom. The zero-order valence-corrected chi connectivity index (χ0v) is 23.4. The van der Waals surface area contributed by atoms with Crippen LogP contribution in [0.3, 0.4) is 0 Å². The average molecular weight is 590 g/mol. The van der Waals surface area contributed by atoms with E-state index in [1.165, 1.54) is 6.21 Å². The molecule has 0 spiro atoms. The van der Waals surface area contributed by atoms with Crippen molar-refractivity contribution in [3.8, 4) is 11.5 Å². The summed E-state index contributed by atoms with van der Waals surface area (Å²) in [5.41, 5.74) is 4.84. The van der Waals surface area contributed by atoms with Crippen molar-refractivity contribution in [2.24, 2.45) is 5.10 Å². The molecule has 3 N–H and O–H groups in total. The standard InChI is InChI=1S/C26H29BrN4O5S/c1-5-34-25(33)23-16(4)29-26(37)30-24(23)18-8-6-7-9-20(18)35-14-22(32)31-28-13-17-10-11-21(19(27)12-17)36-15(2)3/h6-13,15,24H,5,14H2,1-4H3,(H,31,32)(H2,29,30,37)/t24-/m1/s1. The molecule has 0 saturated carbocycles. The van der Waals surface area contributed by atoms with Crippen molar-refractivity contribution in [1.29, 1.82) is 0 Å². The number of hydrazone groups is 1. The SMILES string of the molecule is CCOC(=O)C1=C(C)NC(=S)N[C@@H]1c1ccccc1OCC(=O)NN=Cc1ccc(OC(C)C)c(Br)c1. The van der Waals surface area contributed by atoms with Crippen LogP contribution in [-0.4, -0.2) is 42.5 Å². The van der Waals surface area contributed by atoms with Crippen molar-refractivity contribution >= 4 is 51.4 Å². The van der Waals surface area contributed by atoms with Crippen LogP contribution in [0.15, 0.2) is 63.3 Å². The van der Waals surface area contributed by atoms with Gasteiger partial charge in [0.25, 0.3) is 5.91 Å². The van der Waals surface area contributed by atoms with Gasteiger partial charge in [0.2, 0.25) is 0 Å². The minimum absolute atomic E-state index is 0.0548. The molecule has 1 amide bonds. The van der Waals surface area contributed by atoms with Crippen molar-refractivity contribution < 1.29 is 23.8 Å². The maximum atomic E-state index is 12.7. The molecule has 1 aliphatic rings. The van der Waals surface area contributed by atoms with Gasteiger partial charge in [-0.05, 0) is 85.7 Å². The first-order valence-electron chi connectivity index (χ1n) is 11.6. The molecule has 0 radical (unpaired) electrons. The zero-order chi connectivity index (χ0) is 26.9. The molecule has 0 bridgehead atoms. The Bertz CT molecular complexity index is 1230. The predicted octanol–water partition coefficient (Wildman–Crippen LogP) is 4.12. The van der Waals surface area contributed by atoms with Gasteiger partial charge in [-0.3, -0.25) is 4.79 Å². The number of esters is 1. The van der Waals surface area contributed by atoms with Crippen molar-refractivity contribution in [1.82, 2.24) is 16.1 Å². The summed E-state index contributed by atoms with van der Waals surface area (Å²) >= 11 is 8.77. The quantitative estimate of drug-likeness (QED) is 0.164. The topological polar surface area (TPSA) is 110 Å². The van der Waals surface area contributed by atoms with Gasteiger partial charge in [0, 0.05) is 11.3 Å². The lowest BCUT2D eigenvalue weighted by Crippen LogP contribution is -2.45. The van der Waals surface area contributed by atoms with Gasteiger partial charge in [0.1, 0.15) is 11.5 Å². The van der Waals surface area contributed by atoms with E-state index >= 15 is 0 Å². The fourth-order valence-corrected chi connectivity index (χ4v) is 4.32. The average Bonchev–Trinajstić information content (AvgIpc) is 2.84. The van der Waals surface area contributed by atoms with Crippen LogP contribution in [0.4, 0.5) is 0 Å². The molecule has 37 heavy (non-hydrogen) atoms. The summed E-state index contributed by atoms with van der Waals surface area (Å²) in [5.74, 6) is 0.229. The number of amides is 1. The monoisotopic (exact) mass is 588 g/mol. The van der Waals surface area contributed by atoms with E-state index in [-0.39, 0.29) is 19.3 Å². The van der Waals surface area contributed by atoms with E-state index in [9.17, 15) is 9.59 Å². The molecule has 0 unspecified atom stereocenters. The Hall–Kier alpha value is -3.44. The highest BCUT2D eigenvalue weighted by molar-refractivity contribution is 9.10. The molecule has 2 aromatic rings. The van der Waals surface area contributed by atoms with E-state index in [1.807, 2.05) is 38.1 Å². The van der Waals surface area contributed by atoms with Gasteiger partial charge in [0.15, 0.2) is 11.7 Å². The number of para-hydroxylation sites is 1.